The lowest BCUT2D eigenvalue weighted by Gasteiger charge is -1.96. The molecule has 13 heavy (non-hydrogen) atoms. The Hall–Kier alpha value is -1.91. The summed E-state index contributed by atoms with van der Waals surface area (Å²) in [6, 6.07) is 2.89. The fourth-order valence-corrected chi connectivity index (χ4v) is 0.778. The minimum absolute atomic E-state index is 0.173. The summed E-state index contributed by atoms with van der Waals surface area (Å²) in [5, 5.41) is 12.0. The first-order chi connectivity index (χ1) is 6.20. The van der Waals surface area contributed by atoms with Gasteiger partial charge in [0.25, 0.3) is 5.56 Å². The number of aromatic nitrogens is 2. The van der Waals surface area contributed by atoms with Crippen molar-refractivity contribution in [2.45, 2.75) is 6.54 Å². The van der Waals surface area contributed by atoms with Gasteiger partial charge in [0.15, 0.2) is 0 Å². The van der Waals surface area contributed by atoms with Crippen molar-refractivity contribution in [1.29, 1.82) is 0 Å². The molecule has 0 aliphatic rings. The van der Waals surface area contributed by atoms with E-state index in [-0.39, 0.29) is 12.1 Å². The van der Waals surface area contributed by atoms with Gasteiger partial charge in [0, 0.05) is 18.3 Å². The Labute approximate surface area is 73.9 Å². The van der Waals surface area contributed by atoms with E-state index in [2.05, 4.69) is 5.10 Å². The maximum Gasteiger partial charge on any atom is 0.328 e. The second-order valence-corrected chi connectivity index (χ2v) is 2.28. The van der Waals surface area contributed by atoms with E-state index in [1.807, 2.05) is 0 Å². The Kier molecular flexibility index (Phi) is 2.97. The summed E-state index contributed by atoms with van der Waals surface area (Å²) in [6.45, 7) is 0.173. The average molecular weight is 180 g/mol. The minimum atomic E-state index is -1.04. The van der Waals surface area contributed by atoms with E-state index in [1.165, 1.54) is 29.1 Å². The fourth-order valence-electron chi connectivity index (χ4n) is 0.778. The van der Waals surface area contributed by atoms with Crippen molar-refractivity contribution in [2.75, 3.05) is 0 Å². The molecular formula is C8H8N2O3. The molecule has 0 bridgehead atoms. The predicted molar refractivity (Wildman–Crippen MR) is 45.3 cm³/mol. The first-order valence-corrected chi connectivity index (χ1v) is 3.62. The molecule has 0 radical (unpaired) electrons. The van der Waals surface area contributed by atoms with Crippen LogP contribution in [0.2, 0.25) is 0 Å². The molecule has 0 atom stereocenters. The van der Waals surface area contributed by atoms with E-state index in [0.29, 0.717) is 0 Å². The van der Waals surface area contributed by atoms with Crippen LogP contribution < -0.4 is 5.56 Å². The van der Waals surface area contributed by atoms with Crippen molar-refractivity contribution in [3.8, 4) is 0 Å². The number of carbonyl (C=O) groups is 1. The number of carboxylic acid groups (broad SMARTS) is 1. The Morgan fingerprint density at radius 3 is 3.08 bits per heavy atom. The minimum Gasteiger partial charge on any atom is -0.478 e. The van der Waals surface area contributed by atoms with Gasteiger partial charge in [-0.25, -0.2) is 9.48 Å². The number of aliphatic carboxylic acids is 1. The van der Waals surface area contributed by atoms with E-state index in [0.717, 1.165) is 6.08 Å². The van der Waals surface area contributed by atoms with Crippen molar-refractivity contribution < 1.29 is 9.90 Å². The molecule has 68 valence electrons. The molecule has 1 heterocycles. The predicted octanol–water partition coefficient (Wildman–Crippen LogP) is -0.116. The molecule has 5 nitrogen and oxygen atoms in total. The maximum atomic E-state index is 11.0. The molecule has 1 N–H and O–H groups in total. The molecule has 0 saturated heterocycles. The van der Waals surface area contributed by atoms with Gasteiger partial charge in [0.1, 0.15) is 0 Å². The van der Waals surface area contributed by atoms with E-state index in [4.69, 9.17) is 5.11 Å². The first-order valence-electron chi connectivity index (χ1n) is 3.62. The van der Waals surface area contributed by atoms with Crippen molar-refractivity contribution in [3.05, 3.63) is 40.8 Å². The Balaban J connectivity index is 2.70. The summed E-state index contributed by atoms with van der Waals surface area (Å²) in [7, 11) is 0. The van der Waals surface area contributed by atoms with Gasteiger partial charge in [-0.05, 0) is 6.07 Å². The number of hydrogen-bond donors (Lipinski definition) is 1. The van der Waals surface area contributed by atoms with Crippen LogP contribution in [0.1, 0.15) is 0 Å². The third kappa shape index (κ3) is 2.90. The zero-order valence-corrected chi connectivity index (χ0v) is 6.75. The van der Waals surface area contributed by atoms with Crippen LogP contribution in [-0.2, 0) is 11.3 Å². The molecule has 0 aliphatic carbocycles. The van der Waals surface area contributed by atoms with Crippen LogP contribution in [0.15, 0.2) is 35.3 Å². The summed E-state index contributed by atoms with van der Waals surface area (Å²) < 4.78 is 1.17. The zero-order chi connectivity index (χ0) is 9.68. The average Bonchev–Trinajstić information content (AvgIpc) is 2.08. The van der Waals surface area contributed by atoms with Crippen LogP contribution in [-0.4, -0.2) is 20.9 Å². The lowest BCUT2D eigenvalue weighted by molar-refractivity contribution is -0.131. The zero-order valence-electron chi connectivity index (χ0n) is 6.75. The standard InChI is InChI=1S/C8H8N2O3/c11-7-3-1-5-9-10(7)6-2-4-8(12)13/h1-5H,6H2,(H,12,13)/b4-2+. The van der Waals surface area contributed by atoms with Crippen molar-refractivity contribution >= 4 is 5.97 Å². The lowest BCUT2D eigenvalue weighted by Crippen LogP contribution is -2.20. The van der Waals surface area contributed by atoms with Crippen LogP contribution >= 0.6 is 0 Å². The summed E-state index contributed by atoms with van der Waals surface area (Å²) >= 11 is 0. The van der Waals surface area contributed by atoms with Gasteiger partial charge < -0.3 is 5.11 Å². The van der Waals surface area contributed by atoms with Crippen LogP contribution in [0.3, 0.4) is 0 Å². The topological polar surface area (TPSA) is 72.2 Å². The lowest BCUT2D eigenvalue weighted by atomic mass is 10.5. The smallest absolute Gasteiger partial charge is 0.328 e. The van der Waals surface area contributed by atoms with Crippen molar-refractivity contribution in [2.24, 2.45) is 0 Å². The van der Waals surface area contributed by atoms with Gasteiger partial charge in [0.2, 0.25) is 0 Å². The van der Waals surface area contributed by atoms with Gasteiger partial charge in [0.05, 0.1) is 6.54 Å². The monoisotopic (exact) mass is 180 g/mol. The molecule has 0 saturated carbocycles. The van der Waals surface area contributed by atoms with Crippen LogP contribution in [0.4, 0.5) is 0 Å². The SMILES string of the molecule is O=C(O)/C=C/Cn1ncccc1=O. The van der Waals surface area contributed by atoms with Gasteiger partial charge in [-0.3, -0.25) is 4.79 Å². The fraction of sp³-hybridized carbons (Fsp3) is 0.125. The molecule has 0 aromatic carbocycles. The Bertz CT molecular complexity index is 381. The highest BCUT2D eigenvalue weighted by molar-refractivity contribution is 5.79. The quantitative estimate of drug-likeness (QED) is 0.658. The highest BCUT2D eigenvalue weighted by Gasteiger charge is 1.91. The summed E-state index contributed by atoms with van der Waals surface area (Å²) in [4.78, 5) is 21.1. The molecule has 1 rings (SSSR count). The van der Waals surface area contributed by atoms with E-state index < -0.39 is 5.97 Å². The van der Waals surface area contributed by atoms with Crippen LogP contribution in [0, 0.1) is 0 Å². The molecule has 0 unspecified atom stereocenters. The van der Waals surface area contributed by atoms with E-state index in [9.17, 15) is 9.59 Å². The summed E-state index contributed by atoms with van der Waals surface area (Å²) in [5.74, 6) is -1.04. The number of allylic oxidation sites excluding steroid dienone is 1. The summed E-state index contributed by atoms with van der Waals surface area (Å²) in [6.07, 6.45) is 3.80. The largest absolute Gasteiger partial charge is 0.478 e. The Morgan fingerprint density at radius 2 is 2.46 bits per heavy atom. The molecular weight excluding hydrogens is 172 g/mol. The number of carboxylic acids is 1. The second kappa shape index (κ2) is 4.20. The Morgan fingerprint density at radius 1 is 1.69 bits per heavy atom. The highest BCUT2D eigenvalue weighted by Crippen LogP contribution is 1.79. The van der Waals surface area contributed by atoms with Crippen LogP contribution in [0.25, 0.3) is 0 Å². The van der Waals surface area contributed by atoms with E-state index >= 15 is 0 Å². The van der Waals surface area contributed by atoms with Gasteiger partial charge in [-0.2, -0.15) is 5.10 Å². The van der Waals surface area contributed by atoms with E-state index in [1.54, 1.807) is 0 Å². The maximum absolute atomic E-state index is 11.0. The second-order valence-electron chi connectivity index (χ2n) is 2.28. The van der Waals surface area contributed by atoms with Crippen molar-refractivity contribution in [3.63, 3.8) is 0 Å². The number of rotatable bonds is 3. The van der Waals surface area contributed by atoms with Crippen molar-refractivity contribution in [1.82, 2.24) is 9.78 Å². The molecule has 0 fully saturated rings. The number of nitrogens with zero attached hydrogens (tertiary/aromatic N) is 2. The molecule has 0 aliphatic heterocycles. The van der Waals surface area contributed by atoms with Gasteiger partial charge in [-0.1, -0.05) is 6.08 Å². The van der Waals surface area contributed by atoms with Gasteiger partial charge in [-0.15, -0.1) is 0 Å². The third-order valence-corrected chi connectivity index (χ3v) is 1.32. The number of hydrogen-bond acceptors (Lipinski definition) is 3. The molecule has 0 amide bonds. The highest BCUT2D eigenvalue weighted by atomic mass is 16.4. The first kappa shape index (κ1) is 9.18. The third-order valence-electron chi connectivity index (χ3n) is 1.32. The normalized spacial score (nSPS) is 10.5. The molecule has 5 heteroatoms. The molecule has 1 aromatic heterocycles. The molecule has 0 spiro atoms. The molecule has 1 aromatic rings. The van der Waals surface area contributed by atoms with Gasteiger partial charge >= 0.3 is 5.97 Å². The summed E-state index contributed by atoms with van der Waals surface area (Å²) in [5.41, 5.74) is -0.252. The van der Waals surface area contributed by atoms with Crippen LogP contribution in [0.5, 0.6) is 0 Å².